The number of carbonyl (C=O) groups is 1. The second-order valence-electron chi connectivity index (χ2n) is 5.81. The van der Waals surface area contributed by atoms with Crippen LogP contribution in [-0.4, -0.2) is 54.5 Å². The second kappa shape index (κ2) is 8.98. The molecule has 0 spiro atoms. The minimum atomic E-state index is -0.174. The third kappa shape index (κ3) is 5.31. The standard InChI is InChI=1S/C18H25N5O/c1-4-10-20-18(24)15-13-16(19-11-12-23(2)3)22-17(21-15)14-8-6-5-7-9-14/h5-9,13H,4,10-12H2,1-3H3,(H,20,24)(H,19,21,22). The molecule has 2 rings (SSSR count). The van der Waals surface area contributed by atoms with E-state index >= 15 is 0 Å². The van der Waals surface area contributed by atoms with Crippen LogP contribution in [0.25, 0.3) is 11.4 Å². The minimum Gasteiger partial charge on any atom is -0.369 e. The predicted octanol–water partition coefficient (Wildman–Crippen LogP) is 2.26. The molecule has 1 heterocycles. The zero-order valence-electron chi connectivity index (χ0n) is 14.5. The van der Waals surface area contributed by atoms with Gasteiger partial charge in [0.1, 0.15) is 11.5 Å². The fourth-order valence-corrected chi connectivity index (χ4v) is 2.11. The molecule has 2 N–H and O–H groups in total. The Labute approximate surface area is 143 Å². The third-order valence-corrected chi connectivity index (χ3v) is 3.39. The van der Waals surface area contributed by atoms with Crippen LogP contribution in [0, 0.1) is 0 Å². The maximum absolute atomic E-state index is 12.3. The summed E-state index contributed by atoms with van der Waals surface area (Å²) in [5, 5.41) is 6.13. The summed E-state index contributed by atoms with van der Waals surface area (Å²) in [5.74, 6) is 1.03. The van der Waals surface area contributed by atoms with E-state index in [1.54, 1.807) is 6.07 Å². The lowest BCUT2D eigenvalue weighted by molar-refractivity contribution is 0.0948. The summed E-state index contributed by atoms with van der Waals surface area (Å²) < 4.78 is 0. The van der Waals surface area contributed by atoms with E-state index in [1.165, 1.54) is 0 Å². The Morgan fingerprint density at radius 1 is 1.12 bits per heavy atom. The van der Waals surface area contributed by atoms with Crippen molar-refractivity contribution in [1.82, 2.24) is 20.2 Å². The Bertz CT molecular complexity index is 658. The van der Waals surface area contributed by atoms with Crippen molar-refractivity contribution in [3.63, 3.8) is 0 Å². The van der Waals surface area contributed by atoms with Gasteiger partial charge in [-0.2, -0.15) is 0 Å². The average Bonchev–Trinajstić information content (AvgIpc) is 2.60. The SMILES string of the molecule is CCCNC(=O)c1cc(NCCN(C)C)nc(-c2ccccc2)n1. The summed E-state index contributed by atoms with van der Waals surface area (Å²) >= 11 is 0. The fraction of sp³-hybridized carbons (Fsp3) is 0.389. The highest BCUT2D eigenvalue weighted by Gasteiger charge is 2.12. The van der Waals surface area contributed by atoms with E-state index in [2.05, 4.69) is 25.5 Å². The Morgan fingerprint density at radius 2 is 1.88 bits per heavy atom. The molecule has 1 amide bonds. The third-order valence-electron chi connectivity index (χ3n) is 3.39. The first-order valence-corrected chi connectivity index (χ1v) is 8.21. The van der Waals surface area contributed by atoms with E-state index in [4.69, 9.17) is 0 Å². The number of nitrogens with zero attached hydrogens (tertiary/aromatic N) is 3. The number of carbonyl (C=O) groups excluding carboxylic acids is 1. The maximum atomic E-state index is 12.3. The summed E-state index contributed by atoms with van der Waals surface area (Å²) in [4.78, 5) is 23.3. The molecule has 0 radical (unpaired) electrons. The summed E-state index contributed by atoms with van der Waals surface area (Å²) in [6.45, 7) is 4.27. The van der Waals surface area contributed by atoms with Crippen molar-refractivity contribution in [2.24, 2.45) is 0 Å². The van der Waals surface area contributed by atoms with Gasteiger partial charge in [-0.25, -0.2) is 9.97 Å². The van der Waals surface area contributed by atoms with Gasteiger partial charge in [-0.3, -0.25) is 4.79 Å². The molecule has 6 nitrogen and oxygen atoms in total. The molecule has 1 aromatic heterocycles. The lowest BCUT2D eigenvalue weighted by atomic mass is 10.2. The molecule has 0 bridgehead atoms. The van der Waals surface area contributed by atoms with Crippen molar-refractivity contribution < 1.29 is 4.79 Å². The molecule has 0 aliphatic heterocycles. The second-order valence-corrected chi connectivity index (χ2v) is 5.81. The van der Waals surface area contributed by atoms with Crippen molar-refractivity contribution in [3.8, 4) is 11.4 Å². The van der Waals surface area contributed by atoms with Gasteiger partial charge in [0.2, 0.25) is 0 Å². The molecule has 0 saturated heterocycles. The van der Waals surface area contributed by atoms with Gasteiger partial charge in [-0.1, -0.05) is 37.3 Å². The maximum Gasteiger partial charge on any atom is 0.270 e. The number of nitrogens with one attached hydrogen (secondary N) is 2. The molecule has 0 aliphatic carbocycles. The summed E-state index contributed by atoms with van der Waals surface area (Å²) in [6, 6.07) is 11.4. The van der Waals surface area contributed by atoms with Crippen LogP contribution in [-0.2, 0) is 0 Å². The lowest BCUT2D eigenvalue weighted by Gasteiger charge is -2.13. The monoisotopic (exact) mass is 327 g/mol. The highest BCUT2D eigenvalue weighted by Crippen LogP contribution is 2.17. The quantitative estimate of drug-likeness (QED) is 0.778. The number of aromatic nitrogens is 2. The predicted molar refractivity (Wildman–Crippen MR) is 97.1 cm³/mol. The average molecular weight is 327 g/mol. The fourth-order valence-electron chi connectivity index (χ4n) is 2.11. The highest BCUT2D eigenvalue weighted by atomic mass is 16.1. The van der Waals surface area contributed by atoms with E-state index in [0.29, 0.717) is 23.9 Å². The van der Waals surface area contributed by atoms with Crippen LogP contribution in [0.3, 0.4) is 0 Å². The largest absolute Gasteiger partial charge is 0.369 e. The summed E-state index contributed by atoms with van der Waals surface area (Å²) in [5.41, 5.74) is 1.27. The molecule has 24 heavy (non-hydrogen) atoms. The molecule has 0 saturated carbocycles. The van der Waals surface area contributed by atoms with Crippen molar-refractivity contribution in [2.75, 3.05) is 39.0 Å². The Morgan fingerprint density at radius 3 is 2.54 bits per heavy atom. The molecule has 2 aromatic rings. The van der Waals surface area contributed by atoms with Crippen LogP contribution < -0.4 is 10.6 Å². The van der Waals surface area contributed by atoms with Crippen LogP contribution in [0.2, 0.25) is 0 Å². The number of benzene rings is 1. The molecule has 128 valence electrons. The number of rotatable bonds is 8. The lowest BCUT2D eigenvalue weighted by Crippen LogP contribution is -2.26. The van der Waals surface area contributed by atoms with E-state index in [1.807, 2.05) is 51.4 Å². The Balaban J connectivity index is 2.27. The smallest absolute Gasteiger partial charge is 0.270 e. The number of likely N-dealkylation sites (N-methyl/N-ethyl adjacent to an activating group) is 1. The minimum absolute atomic E-state index is 0.174. The number of amides is 1. The van der Waals surface area contributed by atoms with Gasteiger partial charge < -0.3 is 15.5 Å². The highest BCUT2D eigenvalue weighted by molar-refractivity contribution is 5.93. The molecule has 0 aliphatic rings. The van der Waals surface area contributed by atoms with Crippen molar-refractivity contribution in [3.05, 3.63) is 42.1 Å². The van der Waals surface area contributed by atoms with Crippen LogP contribution in [0.4, 0.5) is 5.82 Å². The van der Waals surface area contributed by atoms with Gasteiger partial charge in [0.05, 0.1) is 0 Å². The number of hydrogen-bond acceptors (Lipinski definition) is 5. The summed E-state index contributed by atoms with van der Waals surface area (Å²) in [6.07, 6.45) is 0.885. The topological polar surface area (TPSA) is 70.2 Å². The van der Waals surface area contributed by atoms with Crippen molar-refractivity contribution in [2.45, 2.75) is 13.3 Å². The molecule has 0 atom stereocenters. The van der Waals surface area contributed by atoms with E-state index in [9.17, 15) is 4.79 Å². The zero-order valence-corrected chi connectivity index (χ0v) is 14.5. The number of anilines is 1. The normalized spacial score (nSPS) is 10.7. The molecule has 0 unspecified atom stereocenters. The first kappa shape index (κ1) is 17.9. The van der Waals surface area contributed by atoms with E-state index < -0.39 is 0 Å². The van der Waals surface area contributed by atoms with Crippen LogP contribution in [0.1, 0.15) is 23.8 Å². The van der Waals surface area contributed by atoms with Gasteiger partial charge in [-0.05, 0) is 20.5 Å². The Kier molecular flexibility index (Phi) is 6.69. The van der Waals surface area contributed by atoms with Gasteiger partial charge in [0.15, 0.2) is 5.82 Å². The molecule has 0 fully saturated rings. The van der Waals surface area contributed by atoms with Gasteiger partial charge in [0, 0.05) is 31.3 Å². The molecule has 1 aromatic carbocycles. The van der Waals surface area contributed by atoms with E-state index in [-0.39, 0.29) is 5.91 Å². The van der Waals surface area contributed by atoms with Crippen molar-refractivity contribution >= 4 is 11.7 Å². The van der Waals surface area contributed by atoms with Gasteiger partial charge in [0.25, 0.3) is 5.91 Å². The first-order chi connectivity index (χ1) is 11.6. The molecule has 6 heteroatoms. The van der Waals surface area contributed by atoms with Crippen LogP contribution >= 0.6 is 0 Å². The zero-order chi connectivity index (χ0) is 17.4. The molecular weight excluding hydrogens is 302 g/mol. The van der Waals surface area contributed by atoms with Gasteiger partial charge >= 0.3 is 0 Å². The molecular formula is C18H25N5O. The van der Waals surface area contributed by atoms with Crippen LogP contribution in [0.15, 0.2) is 36.4 Å². The van der Waals surface area contributed by atoms with Crippen LogP contribution in [0.5, 0.6) is 0 Å². The number of hydrogen-bond donors (Lipinski definition) is 2. The summed E-state index contributed by atoms with van der Waals surface area (Å²) in [7, 11) is 4.03. The first-order valence-electron chi connectivity index (χ1n) is 8.21. The van der Waals surface area contributed by atoms with Crippen molar-refractivity contribution in [1.29, 1.82) is 0 Å². The van der Waals surface area contributed by atoms with E-state index in [0.717, 1.165) is 25.1 Å². The van der Waals surface area contributed by atoms with Gasteiger partial charge in [-0.15, -0.1) is 0 Å². The Hall–Kier alpha value is -2.47.